The van der Waals surface area contributed by atoms with Gasteiger partial charge in [0.05, 0.1) is 6.04 Å². The average molecular weight is 343 g/mol. The van der Waals surface area contributed by atoms with E-state index in [0.29, 0.717) is 19.2 Å². The van der Waals surface area contributed by atoms with Gasteiger partial charge < -0.3 is 9.80 Å². The molecule has 1 aromatic rings. The van der Waals surface area contributed by atoms with Crippen LogP contribution in [0, 0.1) is 0 Å². The lowest BCUT2D eigenvalue weighted by atomic mass is 10.2. The third kappa shape index (κ3) is 3.11. The number of hydrogen-bond acceptors (Lipinski definition) is 3. The molecule has 0 bridgehead atoms. The minimum atomic E-state index is -0.313. The predicted molar refractivity (Wildman–Crippen MR) is 92.4 cm³/mol. The van der Waals surface area contributed by atoms with Crippen LogP contribution >= 0.6 is 0 Å². The summed E-state index contributed by atoms with van der Waals surface area (Å²) in [5.41, 5.74) is 1.03. The molecule has 0 N–H and O–H groups in total. The first kappa shape index (κ1) is 16.4. The highest BCUT2D eigenvalue weighted by Crippen LogP contribution is 2.34. The van der Waals surface area contributed by atoms with Crippen LogP contribution in [0.3, 0.4) is 0 Å². The number of carbonyl (C=O) groups excluding carboxylic acids is 2. The highest BCUT2D eigenvalue weighted by atomic mass is 16.7. The molecule has 3 fully saturated rings. The number of likely N-dealkylation sites (tertiary alicyclic amines) is 1. The molecular weight excluding hydrogens is 318 g/mol. The topological polar surface area (TPSA) is 53.1 Å². The monoisotopic (exact) mass is 343 g/mol. The first-order valence-electron chi connectivity index (χ1n) is 9.26. The van der Waals surface area contributed by atoms with E-state index in [1.54, 1.807) is 4.90 Å². The van der Waals surface area contributed by atoms with Crippen LogP contribution in [0.15, 0.2) is 30.3 Å². The van der Waals surface area contributed by atoms with Crippen LogP contribution in [-0.4, -0.2) is 58.0 Å². The van der Waals surface area contributed by atoms with Gasteiger partial charge in [-0.05, 0) is 31.2 Å². The molecule has 0 unspecified atom stereocenters. The van der Waals surface area contributed by atoms with Crippen molar-refractivity contribution in [1.29, 1.82) is 0 Å². The predicted octanol–water partition coefficient (Wildman–Crippen LogP) is 2.40. The van der Waals surface area contributed by atoms with E-state index in [9.17, 15) is 9.59 Å². The average Bonchev–Trinajstić information content (AvgIpc) is 3.34. The molecule has 6 heteroatoms. The molecule has 4 rings (SSSR count). The molecule has 1 aromatic carbocycles. The maximum Gasteiger partial charge on any atom is 0.345 e. The highest BCUT2D eigenvalue weighted by Gasteiger charge is 2.48. The van der Waals surface area contributed by atoms with Crippen LogP contribution in [0.25, 0.3) is 0 Å². The zero-order valence-electron chi connectivity index (χ0n) is 14.6. The van der Waals surface area contributed by atoms with E-state index in [4.69, 9.17) is 4.84 Å². The minimum Gasteiger partial charge on any atom is -0.338 e. The Labute approximate surface area is 148 Å². The number of urea groups is 1. The molecule has 6 nitrogen and oxygen atoms in total. The number of benzene rings is 1. The van der Waals surface area contributed by atoms with Gasteiger partial charge in [0.25, 0.3) is 0 Å². The van der Waals surface area contributed by atoms with Gasteiger partial charge in [-0.1, -0.05) is 37.3 Å². The largest absolute Gasteiger partial charge is 0.345 e. The van der Waals surface area contributed by atoms with E-state index in [2.05, 4.69) is 0 Å². The summed E-state index contributed by atoms with van der Waals surface area (Å²) in [7, 11) is 0. The summed E-state index contributed by atoms with van der Waals surface area (Å²) in [4.78, 5) is 35.1. The van der Waals surface area contributed by atoms with Crippen LogP contribution in [0.2, 0.25) is 0 Å². The zero-order valence-corrected chi connectivity index (χ0v) is 14.6. The highest BCUT2D eigenvalue weighted by molar-refractivity contribution is 5.89. The van der Waals surface area contributed by atoms with Crippen molar-refractivity contribution < 1.29 is 14.4 Å². The zero-order chi connectivity index (χ0) is 17.4. The molecule has 0 radical (unpaired) electrons. The van der Waals surface area contributed by atoms with Crippen LogP contribution < -0.4 is 0 Å². The molecule has 2 saturated heterocycles. The first-order valence-corrected chi connectivity index (χ1v) is 9.26. The lowest BCUT2D eigenvalue weighted by Crippen LogP contribution is -2.44. The summed E-state index contributed by atoms with van der Waals surface area (Å²) in [5.74, 6) is 0.121. The van der Waals surface area contributed by atoms with Gasteiger partial charge in [-0.25, -0.2) is 4.79 Å². The van der Waals surface area contributed by atoms with Gasteiger partial charge in [0, 0.05) is 19.1 Å². The first-order chi connectivity index (χ1) is 12.2. The van der Waals surface area contributed by atoms with Gasteiger partial charge in [0.1, 0.15) is 12.6 Å². The molecular formula is C19H25N3O3. The van der Waals surface area contributed by atoms with Crippen molar-refractivity contribution in [2.75, 3.05) is 13.1 Å². The number of rotatable bonds is 6. The molecule has 3 amide bonds. The number of hydroxylamine groups is 2. The minimum absolute atomic E-state index is 0.000938. The fourth-order valence-corrected chi connectivity index (χ4v) is 3.82. The quantitative estimate of drug-likeness (QED) is 0.797. The van der Waals surface area contributed by atoms with Gasteiger partial charge >= 0.3 is 6.03 Å². The van der Waals surface area contributed by atoms with Gasteiger partial charge in [-0.15, -0.1) is 0 Å². The fraction of sp³-hybridized carbons (Fsp3) is 0.579. The Kier molecular flexibility index (Phi) is 4.37. The van der Waals surface area contributed by atoms with E-state index < -0.39 is 0 Å². The van der Waals surface area contributed by atoms with Gasteiger partial charge in [-0.3, -0.25) is 9.63 Å². The lowest BCUT2D eigenvalue weighted by molar-refractivity contribution is -0.141. The standard InChI is InChI=1S/C19H25N3O3/c1-2-15-12-21(17-10-11-20(18(17)23)16-8-9-16)19(24)22(15)25-13-14-6-4-3-5-7-14/h3-7,15-17H,2,8-13H2,1H3/t15-,17+/m1/s1. The molecule has 2 atom stereocenters. The van der Waals surface area contributed by atoms with Crippen molar-refractivity contribution in [3.63, 3.8) is 0 Å². The maximum atomic E-state index is 12.9. The Balaban J connectivity index is 1.43. The maximum absolute atomic E-state index is 12.9. The second-order valence-corrected chi connectivity index (χ2v) is 7.15. The number of carbonyl (C=O) groups is 2. The molecule has 1 aliphatic carbocycles. The lowest BCUT2D eigenvalue weighted by Gasteiger charge is -2.23. The van der Waals surface area contributed by atoms with E-state index in [-0.39, 0.29) is 24.0 Å². The molecule has 1 saturated carbocycles. The summed E-state index contributed by atoms with van der Waals surface area (Å²) >= 11 is 0. The van der Waals surface area contributed by atoms with Gasteiger partial charge in [0.15, 0.2) is 0 Å². The van der Waals surface area contributed by atoms with Gasteiger partial charge in [-0.2, -0.15) is 5.06 Å². The third-order valence-corrected chi connectivity index (χ3v) is 5.43. The number of hydrogen-bond donors (Lipinski definition) is 0. The Morgan fingerprint density at radius 2 is 1.84 bits per heavy atom. The van der Waals surface area contributed by atoms with Gasteiger partial charge in [0.2, 0.25) is 5.91 Å². The molecule has 2 aliphatic heterocycles. The van der Waals surface area contributed by atoms with Crippen LogP contribution in [0.5, 0.6) is 0 Å². The van der Waals surface area contributed by atoms with Crippen molar-refractivity contribution in [2.45, 2.75) is 57.3 Å². The number of nitrogens with zero attached hydrogens (tertiary/aromatic N) is 3. The van der Waals surface area contributed by atoms with E-state index in [0.717, 1.165) is 37.8 Å². The van der Waals surface area contributed by atoms with Crippen molar-refractivity contribution >= 4 is 11.9 Å². The van der Waals surface area contributed by atoms with Crippen molar-refractivity contribution in [3.8, 4) is 0 Å². The Hall–Kier alpha value is -2.08. The normalized spacial score (nSPS) is 26.8. The summed E-state index contributed by atoms with van der Waals surface area (Å²) < 4.78 is 0. The third-order valence-electron chi connectivity index (χ3n) is 5.43. The summed E-state index contributed by atoms with van der Waals surface area (Å²) in [6.45, 7) is 3.76. The molecule has 0 aromatic heterocycles. The van der Waals surface area contributed by atoms with Crippen molar-refractivity contribution in [1.82, 2.24) is 14.9 Å². The van der Waals surface area contributed by atoms with E-state index in [1.807, 2.05) is 42.2 Å². The number of amides is 3. The summed E-state index contributed by atoms with van der Waals surface area (Å²) in [6.07, 6.45) is 3.76. The Bertz CT molecular complexity index is 647. The molecule has 25 heavy (non-hydrogen) atoms. The second-order valence-electron chi connectivity index (χ2n) is 7.15. The van der Waals surface area contributed by atoms with Crippen molar-refractivity contribution in [2.24, 2.45) is 0 Å². The molecule has 0 spiro atoms. The van der Waals surface area contributed by atoms with Crippen molar-refractivity contribution in [3.05, 3.63) is 35.9 Å². The SMILES string of the molecule is CC[C@@H]1CN([C@H]2CCN(C3CC3)C2=O)C(=O)N1OCc1ccccc1. The van der Waals surface area contributed by atoms with Crippen LogP contribution in [-0.2, 0) is 16.2 Å². The molecule has 134 valence electrons. The Morgan fingerprint density at radius 1 is 1.08 bits per heavy atom. The van der Waals surface area contributed by atoms with E-state index in [1.165, 1.54) is 5.06 Å². The second kappa shape index (κ2) is 6.67. The summed E-state index contributed by atoms with van der Waals surface area (Å²) in [5, 5.41) is 1.49. The fourth-order valence-electron chi connectivity index (χ4n) is 3.82. The summed E-state index contributed by atoms with van der Waals surface area (Å²) in [6, 6.07) is 9.77. The molecule has 2 heterocycles. The van der Waals surface area contributed by atoms with Crippen LogP contribution in [0.1, 0.15) is 38.2 Å². The van der Waals surface area contributed by atoms with E-state index >= 15 is 0 Å². The smallest absolute Gasteiger partial charge is 0.338 e. The Morgan fingerprint density at radius 3 is 2.52 bits per heavy atom. The molecule has 3 aliphatic rings. The van der Waals surface area contributed by atoms with Crippen LogP contribution in [0.4, 0.5) is 4.79 Å².